The number of nitrogens with one attached hydrogen (secondary N) is 1. The van der Waals surface area contributed by atoms with E-state index in [0.717, 1.165) is 16.6 Å². The Labute approximate surface area is 127 Å². The van der Waals surface area contributed by atoms with Gasteiger partial charge in [0.2, 0.25) is 4.77 Å². The van der Waals surface area contributed by atoms with Crippen LogP contribution in [0.2, 0.25) is 0 Å². The molecule has 3 aromatic rings. The van der Waals surface area contributed by atoms with E-state index in [-0.39, 0.29) is 5.54 Å². The van der Waals surface area contributed by atoms with Crippen LogP contribution in [0.1, 0.15) is 31.9 Å². The standard InChI is InChI=1S/C16H16N4S/c1-8-5-10-9(2)7-16(3,4)20-13(10)11(6-8)12-14(20)17-15(21)19-18-12/h5-7H,1-4H3,(H,17,19,21). The molecule has 4 nitrogen and oxygen atoms in total. The van der Waals surface area contributed by atoms with Gasteiger partial charge >= 0.3 is 0 Å². The molecule has 4 rings (SSSR count). The number of aryl methyl sites for hydroxylation is 1. The largest absolute Gasteiger partial charge is 0.314 e. The molecule has 0 amide bonds. The van der Waals surface area contributed by atoms with Crippen molar-refractivity contribution in [2.45, 2.75) is 33.2 Å². The van der Waals surface area contributed by atoms with Crippen molar-refractivity contribution in [3.8, 4) is 0 Å². The monoisotopic (exact) mass is 296 g/mol. The maximum atomic E-state index is 5.17. The molecule has 1 aromatic carbocycles. The van der Waals surface area contributed by atoms with Crippen LogP contribution in [0.25, 0.3) is 27.6 Å². The van der Waals surface area contributed by atoms with Crippen molar-refractivity contribution in [1.29, 1.82) is 0 Å². The summed E-state index contributed by atoms with van der Waals surface area (Å²) in [6.45, 7) is 8.67. The zero-order valence-electron chi connectivity index (χ0n) is 12.5. The van der Waals surface area contributed by atoms with Gasteiger partial charge in [-0.3, -0.25) is 5.10 Å². The summed E-state index contributed by atoms with van der Waals surface area (Å²) in [5.74, 6) is 0. The Hall–Kier alpha value is -2.01. The van der Waals surface area contributed by atoms with Gasteiger partial charge in [-0.25, -0.2) is 0 Å². The first kappa shape index (κ1) is 12.7. The van der Waals surface area contributed by atoms with E-state index in [1.807, 2.05) is 0 Å². The molecule has 106 valence electrons. The van der Waals surface area contributed by atoms with E-state index in [1.165, 1.54) is 22.2 Å². The molecule has 0 aliphatic carbocycles. The summed E-state index contributed by atoms with van der Waals surface area (Å²) in [7, 11) is 0. The van der Waals surface area contributed by atoms with Gasteiger partial charge in [0.1, 0.15) is 5.52 Å². The number of aromatic amines is 1. The molecule has 1 aliphatic heterocycles. The highest BCUT2D eigenvalue weighted by Gasteiger charge is 2.30. The van der Waals surface area contributed by atoms with Crippen LogP contribution in [0.15, 0.2) is 18.2 Å². The Kier molecular flexibility index (Phi) is 2.30. The highest BCUT2D eigenvalue weighted by atomic mass is 32.1. The first-order valence-electron chi connectivity index (χ1n) is 7.00. The van der Waals surface area contributed by atoms with Gasteiger partial charge in [0.25, 0.3) is 0 Å². The quantitative estimate of drug-likeness (QED) is 0.635. The average molecular weight is 296 g/mol. The Morgan fingerprint density at radius 1 is 1.24 bits per heavy atom. The van der Waals surface area contributed by atoms with Crippen LogP contribution in [0, 0.1) is 11.7 Å². The number of rotatable bonds is 0. The molecule has 0 unspecified atom stereocenters. The molecule has 21 heavy (non-hydrogen) atoms. The SMILES string of the molecule is CC1=CC(C)(C)n2c3nc(=S)[nH]nc3c3cc(C)cc1c32. The van der Waals surface area contributed by atoms with Crippen molar-refractivity contribution in [3.05, 3.63) is 34.1 Å². The van der Waals surface area contributed by atoms with Gasteiger partial charge in [0, 0.05) is 10.9 Å². The van der Waals surface area contributed by atoms with E-state index in [1.54, 1.807) is 0 Å². The van der Waals surface area contributed by atoms with Crippen LogP contribution in [0.5, 0.6) is 0 Å². The minimum absolute atomic E-state index is 0.149. The first-order chi connectivity index (χ1) is 9.88. The number of hydrogen-bond donors (Lipinski definition) is 1. The lowest BCUT2D eigenvalue weighted by Gasteiger charge is -2.31. The number of fused-ring (bicyclic) bond motifs is 3. The summed E-state index contributed by atoms with van der Waals surface area (Å²) in [6.07, 6.45) is 2.29. The van der Waals surface area contributed by atoms with Gasteiger partial charge in [0.05, 0.1) is 11.1 Å². The van der Waals surface area contributed by atoms with Crippen LogP contribution >= 0.6 is 12.2 Å². The van der Waals surface area contributed by atoms with Gasteiger partial charge in [-0.05, 0) is 63.2 Å². The zero-order valence-corrected chi connectivity index (χ0v) is 13.3. The second-order valence-electron chi connectivity index (χ2n) is 6.34. The van der Waals surface area contributed by atoms with Crippen molar-refractivity contribution in [1.82, 2.24) is 19.7 Å². The Balaban J connectivity index is 2.38. The lowest BCUT2D eigenvalue weighted by molar-refractivity contribution is 0.478. The third-order valence-corrected chi connectivity index (χ3v) is 4.38. The number of benzene rings is 1. The molecule has 0 spiro atoms. The number of hydrogen-bond acceptors (Lipinski definition) is 3. The number of nitrogens with zero attached hydrogens (tertiary/aromatic N) is 3. The molecule has 0 atom stereocenters. The Morgan fingerprint density at radius 2 is 2.00 bits per heavy atom. The van der Waals surface area contributed by atoms with Gasteiger partial charge < -0.3 is 4.57 Å². The number of H-pyrrole nitrogens is 1. The molecular weight excluding hydrogens is 280 g/mol. The second kappa shape index (κ2) is 3.80. The Bertz CT molecular complexity index is 1000. The van der Waals surface area contributed by atoms with Gasteiger partial charge in [-0.1, -0.05) is 6.08 Å². The van der Waals surface area contributed by atoms with E-state index < -0.39 is 0 Å². The smallest absolute Gasteiger partial charge is 0.215 e. The number of aromatic nitrogens is 4. The van der Waals surface area contributed by atoms with Crippen molar-refractivity contribution in [3.63, 3.8) is 0 Å². The lowest BCUT2D eigenvalue weighted by atomic mass is 9.91. The predicted molar refractivity (Wildman–Crippen MR) is 87.9 cm³/mol. The summed E-state index contributed by atoms with van der Waals surface area (Å²) in [5.41, 5.74) is 6.59. The van der Waals surface area contributed by atoms with E-state index in [2.05, 4.69) is 65.7 Å². The molecule has 0 radical (unpaired) electrons. The van der Waals surface area contributed by atoms with Crippen LogP contribution < -0.4 is 0 Å². The van der Waals surface area contributed by atoms with Crippen LogP contribution in [0.4, 0.5) is 0 Å². The molecular formula is C16H16N4S. The van der Waals surface area contributed by atoms with Crippen LogP contribution in [-0.4, -0.2) is 19.7 Å². The van der Waals surface area contributed by atoms with E-state index >= 15 is 0 Å². The van der Waals surface area contributed by atoms with Gasteiger partial charge in [0.15, 0.2) is 5.65 Å². The van der Waals surface area contributed by atoms with Crippen molar-refractivity contribution < 1.29 is 0 Å². The third-order valence-electron chi connectivity index (χ3n) is 4.20. The lowest BCUT2D eigenvalue weighted by Crippen LogP contribution is -2.27. The van der Waals surface area contributed by atoms with E-state index in [9.17, 15) is 0 Å². The molecule has 5 heteroatoms. The third kappa shape index (κ3) is 1.58. The van der Waals surface area contributed by atoms with E-state index in [0.29, 0.717) is 4.77 Å². The Morgan fingerprint density at radius 3 is 2.76 bits per heavy atom. The summed E-state index contributed by atoms with van der Waals surface area (Å²) in [4.78, 5) is 4.54. The zero-order chi connectivity index (χ0) is 14.9. The summed E-state index contributed by atoms with van der Waals surface area (Å²) in [5, 5.41) is 8.41. The fourth-order valence-corrected chi connectivity index (χ4v) is 3.64. The normalized spacial score (nSPS) is 16.5. The van der Waals surface area contributed by atoms with Crippen LogP contribution in [-0.2, 0) is 5.54 Å². The highest BCUT2D eigenvalue weighted by molar-refractivity contribution is 7.71. The molecule has 1 aliphatic rings. The summed E-state index contributed by atoms with van der Waals surface area (Å²) >= 11 is 5.17. The van der Waals surface area contributed by atoms with Gasteiger partial charge in [-0.15, -0.1) is 0 Å². The van der Waals surface area contributed by atoms with Crippen molar-refractivity contribution in [2.75, 3.05) is 0 Å². The summed E-state index contributed by atoms with van der Waals surface area (Å²) in [6, 6.07) is 4.41. The number of allylic oxidation sites excluding steroid dienone is 2. The molecule has 3 heterocycles. The van der Waals surface area contributed by atoms with E-state index in [4.69, 9.17) is 12.2 Å². The fourth-order valence-electron chi connectivity index (χ4n) is 3.50. The maximum Gasteiger partial charge on any atom is 0.215 e. The summed E-state index contributed by atoms with van der Waals surface area (Å²) < 4.78 is 2.68. The second-order valence-corrected chi connectivity index (χ2v) is 6.72. The molecule has 0 saturated carbocycles. The molecule has 1 N–H and O–H groups in total. The molecule has 0 fully saturated rings. The van der Waals surface area contributed by atoms with Gasteiger partial charge in [-0.2, -0.15) is 10.1 Å². The van der Waals surface area contributed by atoms with Crippen molar-refractivity contribution >= 4 is 39.9 Å². The fraction of sp³-hybridized carbons (Fsp3) is 0.312. The predicted octanol–water partition coefficient (Wildman–Crippen LogP) is 4.10. The minimum atomic E-state index is -0.149. The minimum Gasteiger partial charge on any atom is -0.314 e. The topological polar surface area (TPSA) is 46.5 Å². The molecule has 2 aromatic heterocycles. The molecule has 0 bridgehead atoms. The molecule has 0 saturated heterocycles. The van der Waals surface area contributed by atoms with Crippen molar-refractivity contribution in [2.24, 2.45) is 0 Å². The average Bonchev–Trinajstić information content (AvgIpc) is 2.70. The maximum absolute atomic E-state index is 5.17. The van der Waals surface area contributed by atoms with Crippen LogP contribution in [0.3, 0.4) is 0 Å². The highest BCUT2D eigenvalue weighted by Crippen LogP contribution is 2.41. The first-order valence-corrected chi connectivity index (χ1v) is 7.41.